The summed E-state index contributed by atoms with van der Waals surface area (Å²) in [5.41, 5.74) is 0.863. The van der Waals surface area contributed by atoms with E-state index in [2.05, 4.69) is 15.3 Å². The highest BCUT2D eigenvalue weighted by Crippen LogP contribution is 2.16. The summed E-state index contributed by atoms with van der Waals surface area (Å²) < 4.78 is 22.6. The van der Waals surface area contributed by atoms with E-state index in [0.717, 1.165) is 10.7 Å². The van der Waals surface area contributed by atoms with Gasteiger partial charge in [0, 0.05) is 11.7 Å². The van der Waals surface area contributed by atoms with E-state index in [9.17, 15) is 13.2 Å². The molecule has 1 aromatic heterocycles. The zero-order valence-electron chi connectivity index (χ0n) is 11.4. The Balaban J connectivity index is 1.83. The lowest BCUT2D eigenvalue weighted by Crippen LogP contribution is -2.36. The maximum absolute atomic E-state index is 11.8. The number of hydrogen-bond donors (Lipinski definition) is 1. The smallest absolute Gasteiger partial charge is 0.230 e. The molecule has 0 radical (unpaired) electrons. The molecule has 1 N–H and O–H groups in total. The Labute approximate surface area is 122 Å². The number of thioether (sulfide) groups is 1. The van der Waals surface area contributed by atoms with Gasteiger partial charge in [0.15, 0.2) is 9.84 Å². The average molecular weight is 315 g/mol. The van der Waals surface area contributed by atoms with Crippen LogP contribution < -0.4 is 5.32 Å². The molecular weight excluding hydrogens is 298 g/mol. The highest BCUT2D eigenvalue weighted by molar-refractivity contribution is 7.99. The second-order valence-electron chi connectivity index (χ2n) is 4.85. The first kappa shape index (κ1) is 15.2. The van der Waals surface area contributed by atoms with Crippen molar-refractivity contribution in [2.24, 2.45) is 0 Å². The van der Waals surface area contributed by atoms with Gasteiger partial charge in [-0.1, -0.05) is 11.8 Å². The number of sulfone groups is 1. The van der Waals surface area contributed by atoms with Gasteiger partial charge in [-0.2, -0.15) is 0 Å². The number of aromatic nitrogens is 2. The van der Waals surface area contributed by atoms with Crippen molar-refractivity contribution in [3.63, 3.8) is 0 Å². The van der Waals surface area contributed by atoms with Crippen molar-refractivity contribution in [3.8, 4) is 0 Å². The summed E-state index contributed by atoms with van der Waals surface area (Å²) in [6.45, 7) is 3.68. The molecule has 1 atom stereocenters. The number of carbonyl (C=O) groups excluding carboxylic acids is 1. The molecule has 2 heterocycles. The van der Waals surface area contributed by atoms with E-state index < -0.39 is 9.84 Å². The van der Waals surface area contributed by atoms with Crippen LogP contribution in [0.5, 0.6) is 0 Å². The SMILES string of the molecule is Cc1cc(SCC(=O)N[C@@H]2CCS(=O)(=O)C2)nc(C)n1. The average Bonchev–Trinajstić information content (AvgIpc) is 2.65. The van der Waals surface area contributed by atoms with Gasteiger partial charge in [-0.05, 0) is 26.3 Å². The summed E-state index contributed by atoms with van der Waals surface area (Å²) in [5, 5.41) is 3.51. The number of rotatable bonds is 4. The van der Waals surface area contributed by atoms with E-state index in [4.69, 9.17) is 0 Å². The molecule has 1 saturated heterocycles. The summed E-state index contributed by atoms with van der Waals surface area (Å²) in [6, 6.07) is 1.58. The van der Waals surface area contributed by atoms with Gasteiger partial charge in [0.1, 0.15) is 10.9 Å². The second-order valence-corrected chi connectivity index (χ2v) is 8.08. The van der Waals surface area contributed by atoms with Gasteiger partial charge < -0.3 is 5.32 Å². The fraction of sp³-hybridized carbons (Fsp3) is 0.583. The zero-order chi connectivity index (χ0) is 14.8. The van der Waals surface area contributed by atoms with Crippen molar-refractivity contribution < 1.29 is 13.2 Å². The molecule has 2 rings (SSSR count). The molecule has 0 bridgehead atoms. The number of nitrogens with zero attached hydrogens (tertiary/aromatic N) is 2. The monoisotopic (exact) mass is 315 g/mol. The zero-order valence-corrected chi connectivity index (χ0v) is 13.1. The van der Waals surface area contributed by atoms with Gasteiger partial charge in [-0.25, -0.2) is 18.4 Å². The number of hydrogen-bond acceptors (Lipinski definition) is 6. The first-order valence-electron chi connectivity index (χ1n) is 6.29. The van der Waals surface area contributed by atoms with Crippen LogP contribution in [0.1, 0.15) is 17.9 Å². The van der Waals surface area contributed by atoms with Crippen molar-refractivity contribution in [2.75, 3.05) is 17.3 Å². The van der Waals surface area contributed by atoms with E-state index in [1.54, 1.807) is 6.92 Å². The summed E-state index contributed by atoms with van der Waals surface area (Å²) in [7, 11) is -2.96. The Morgan fingerprint density at radius 3 is 2.80 bits per heavy atom. The van der Waals surface area contributed by atoms with Crippen molar-refractivity contribution in [1.82, 2.24) is 15.3 Å². The number of aryl methyl sites for hydroxylation is 2. The van der Waals surface area contributed by atoms with Crippen LogP contribution in [0.25, 0.3) is 0 Å². The minimum absolute atomic E-state index is 0.0507. The molecule has 1 amide bonds. The lowest BCUT2D eigenvalue weighted by molar-refractivity contribution is -0.119. The maximum Gasteiger partial charge on any atom is 0.230 e. The topological polar surface area (TPSA) is 89.0 Å². The predicted molar refractivity (Wildman–Crippen MR) is 77.4 cm³/mol. The molecule has 8 heteroatoms. The third-order valence-electron chi connectivity index (χ3n) is 2.89. The van der Waals surface area contributed by atoms with Crippen LogP contribution in [0.3, 0.4) is 0 Å². The van der Waals surface area contributed by atoms with Crippen LogP contribution in [0.4, 0.5) is 0 Å². The Hall–Kier alpha value is -1.15. The molecule has 0 saturated carbocycles. The molecule has 110 valence electrons. The molecule has 1 fully saturated rings. The van der Waals surface area contributed by atoms with E-state index >= 15 is 0 Å². The molecular formula is C12H17N3O3S2. The van der Waals surface area contributed by atoms with E-state index in [-0.39, 0.29) is 29.2 Å². The summed E-state index contributed by atoms with van der Waals surface area (Å²) >= 11 is 1.33. The van der Waals surface area contributed by atoms with Crippen LogP contribution in [-0.4, -0.2) is 47.6 Å². The van der Waals surface area contributed by atoms with Crippen molar-refractivity contribution in [1.29, 1.82) is 0 Å². The highest BCUT2D eigenvalue weighted by Gasteiger charge is 2.28. The fourth-order valence-electron chi connectivity index (χ4n) is 2.07. The number of nitrogens with one attached hydrogen (secondary N) is 1. The Bertz CT molecular complexity index is 596. The summed E-state index contributed by atoms with van der Waals surface area (Å²) in [4.78, 5) is 20.2. The van der Waals surface area contributed by atoms with Gasteiger partial charge in [-0.15, -0.1) is 0 Å². The van der Waals surface area contributed by atoms with Crippen LogP contribution in [-0.2, 0) is 14.6 Å². The van der Waals surface area contributed by atoms with Gasteiger partial charge in [0.25, 0.3) is 0 Å². The quantitative estimate of drug-likeness (QED) is 0.642. The third-order valence-corrected chi connectivity index (χ3v) is 5.57. The van der Waals surface area contributed by atoms with Gasteiger partial charge in [0.2, 0.25) is 5.91 Å². The van der Waals surface area contributed by atoms with Crippen molar-refractivity contribution >= 4 is 27.5 Å². The van der Waals surface area contributed by atoms with Crippen molar-refractivity contribution in [3.05, 3.63) is 17.6 Å². The normalized spacial score (nSPS) is 20.8. The minimum atomic E-state index is -2.96. The molecule has 1 aliphatic heterocycles. The lowest BCUT2D eigenvalue weighted by Gasteiger charge is -2.10. The Morgan fingerprint density at radius 1 is 1.45 bits per heavy atom. The molecule has 1 aromatic rings. The molecule has 0 aliphatic carbocycles. The number of amides is 1. The highest BCUT2D eigenvalue weighted by atomic mass is 32.2. The van der Waals surface area contributed by atoms with Crippen LogP contribution >= 0.6 is 11.8 Å². The molecule has 0 aromatic carbocycles. The minimum Gasteiger partial charge on any atom is -0.352 e. The summed E-state index contributed by atoms with van der Waals surface area (Å²) in [6.07, 6.45) is 0.504. The molecule has 0 spiro atoms. The second kappa shape index (κ2) is 6.09. The standard InChI is InChI=1S/C12H17N3O3S2/c1-8-5-12(14-9(2)13-8)19-6-11(16)15-10-3-4-20(17,18)7-10/h5,10H,3-4,6-7H2,1-2H3,(H,15,16)/t10-/m1/s1. The summed E-state index contributed by atoms with van der Waals surface area (Å²) in [5.74, 6) is 0.956. The Morgan fingerprint density at radius 2 is 2.20 bits per heavy atom. The van der Waals surface area contributed by atoms with Gasteiger partial charge >= 0.3 is 0 Å². The van der Waals surface area contributed by atoms with Gasteiger partial charge in [-0.3, -0.25) is 4.79 Å². The lowest BCUT2D eigenvalue weighted by atomic mass is 10.3. The predicted octanol–water partition coefficient (Wildman–Crippen LogP) is 0.489. The van der Waals surface area contributed by atoms with Gasteiger partial charge in [0.05, 0.1) is 17.3 Å². The van der Waals surface area contributed by atoms with E-state index in [1.165, 1.54) is 11.8 Å². The molecule has 0 unspecified atom stereocenters. The fourth-order valence-corrected chi connectivity index (χ4v) is 4.56. The molecule has 20 heavy (non-hydrogen) atoms. The largest absolute Gasteiger partial charge is 0.352 e. The maximum atomic E-state index is 11.8. The molecule has 1 aliphatic rings. The first-order chi connectivity index (χ1) is 9.34. The first-order valence-corrected chi connectivity index (χ1v) is 9.10. The van der Waals surface area contributed by atoms with Crippen LogP contribution in [0, 0.1) is 13.8 Å². The van der Waals surface area contributed by atoms with E-state index in [1.807, 2.05) is 13.0 Å². The van der Waals surface area contributed by atoms with Crippen LogP contribution in [0.2, 0.25) is 0 Å². The number of carbonyl (C=O) groups is 1. The molecule has 6 nitrogen and oxygen atoms in total. The van der Waals surface area contributed by atoms with E-state index in [0.29, 0.717) is 12.2 Å². The third kappa shape index (κ3) is 4.45. The van der Waals surface area contributed by atoms with Crippen LogP contribution in [0.15, 0.2) is 11.1 Å². The Kier molecular flexibility index (Phi) is 4.64. The van der Waals surface area contributed by atoms with Crippen molar-refractivity contribution in [2.45, 2.75) is 31.3 Å².